The normalized spacial score (nSPS) is 11.4. The van der Waals surface area contributed by atoms with Crippen LogP contribution in [0, 0.1) is 5.82 Å². The molecule has 110 valence electrons. The van der Waals surface area contributed by atoms with Gasteiger partial charge in [0.05, 0.1) is 24.5 Å². The number of rotatable bonds is 3. The third-order valence-corrected chi connectivity index (χ3v) is 3.48. The second-order valence-corrected chi connectivity index (χ2v) is 5.16. The number of halogens is 1. The molecule has 0 saturated carbocycles. The Labute approximate surface area is 125 Å². The van der Waals surface area contributed by atoms with E-state index in [-0.39, 0.29) is 5.82 Å². The average molecular weight is 296 g/mol. The van der Waals surface area contributed by atoms with Gasteiger partial charge in [0, 0.05) is 13.2 Å². The van der Waals surface area contributed by atoms with Gasteiger partial charge in [-0.1, -0.05) is 12.1 Å². The summed E-state index contributed by atoms with van der Waals surface area (Å²) in [5, 5.41) is 8.44. The molecule has 4 aromatic rings. The smallest absolute Gasteiger partial charge is 0.177 e. The zero-order chi connectivity index (χ0) is 15.1. The van der Waals surface area contributed by atoms with E-state index in [9.17, 15) is 4.39 Å². The number of imidazole rings is 1. The number of H-pyrrole nitrogens is 1. The number of aromatic amines is 1. The topological polar surface area (TPSA) is 64.3 Å². The van der Waals surface area contributed by atoms with E-state index < -0.39 is 0 Å². The fourth-order valence-electron chi connectivity index (χ4n) is 2.45. The van der Waals surface area contributed by atoms with Crippen LogP contribution >= 0.6 is 0 Å². The summed E-state index contributed by atoms with van der Waals surface area (Å²) in [5.41, 5.74) is 3.34. The largest absolute Gasteiger partial charge is 0.335 e. The van der Waals surface area contributed by atoms with Gasteiger partial charge in [0.2, 0.25) is 0 Å². The van der Waals surface area contributed by atoms with Crippen molar-refractivity contribution in [3.63, 3.8) is 0 Å². The average Bonchev–Trinajstić information content (AvgIpc) is 3.16. The number of aromatic nitrogens is 6. The highest BCUT2D eigenvalue weighted by molar-refractivity contribution is 5.75. The van der Waals surface area contributed by atoms with Crippen LogP contribution in [0.3, 0.4) is 0 Å². The number of benzene rings is 1. The molecule has 4 rings (SSSR count). The zero-order valence-electron chi connectivity index (χ0n) is 11.9. The highest BCUT2D eigenvalue weighted by Crippen LogP contribution is 2.20. The summed E-state index contributed by atoms with van der Waals surface area (Å²) in [6.07, 6.45) is 5.37. The third-order valence-electron chi connectivity index (χ3n) is 3.48. The van der Waals surface area contributed by atoms with Crippen LogP contribution in [-0.2, 0) is 13.6 Å². The molecule has 3 heterocycles. The van der Waals surface area contributed by atoms with E-state index in [0.717, 1.165) is 28.1 Å². The van der Waals surface area contributed by atoms with Crippen LogP contribution in [0.2, 0.25) is 0 Å². The lowest BCUT2D eigenvalue weighted by Crippen LogP contribution is -2.02. The minimum atomic E-state index is -0.251. The fraction of sp³-hybridized carbons (Fsp3) is 0.133. The van der Waals surface area contributed by atoms with E-state index in [1.165, 1.54) is 12.1 Å². The van der Waals surface area contributed by atoms with E-state index in [1.54, 1.807) is 27.8 Å². The van der Waals surface area contributed by atoms with Crippen molar-refractivity contribution in [1.29, 1.82) is 0 Å². The molecule has 0 fully saturated rings. The van der Waals surface area contributed by atoms with Gasteiger partial charge in [0.15, 0.2) is 5.65 Å². The monoisotopic (exact) mass is 296 g/mol. The predicted octanol–water partition coefficient (Wildman–Crippen LogP) is 2.35. The molecule has 22 heavy (non-hydrogen) atoms. The molecule has 0 amide bonds. The lowest BCUT2D eigenvalue weighted by atomic mass is 10.2. The number of aryl methyl sites for hydroxylation is 1. The number of hydrogen-bond donors (Lipinski definition) is 1. The van der Waals surface area contributed by atoms with Crippen LogP contribution in [0.1, 0.15) is 5.56 Å². The summed E-state index contributed by atoms with van der Waals surface area (Å²) in [6.45, 7) is 0.471. The maximum atomic E-state index is 13.3. The molecule has 0 aliphatic rings. The maximum absolute atomic E-state index is 13.3. The summed E-state index contributed by atoms with van der Waals surface area (Å²) < 4.78 is 16.8. The minimum absolute atomic E-state index is 0.251. The van der Waals surface area contributed by atoms with Gasteiger partial charge in [-0.05, 0) is 17.7 Å². The summed E-state index contributed by atoms with van der Waals surface area (Å²) in [6, 6.07) is 6.49. The predicted molar refractivity (Wildman–Crippen MR) is 79.6 cm³/mol. The van der Waals surface area contributed by atoms with Crippen LogP contribution in [-0.4, -0.2) is 29.5 Å². The molecule has 0 radical (unpaired) electrons. The fourth-order valence-corrected chi connectivity index (χ4v) is 2.45. The van der Waals surface area contributed by atoms with Gasteiger partial charge in [0.25, 0.3) is 0 Å². The molecule has 0 saturated heterocycles. The van der Waals surface area contributed by atoms with E-state index >= 15 is 0 Å². The van der Waals surface area contributed by atoms with Crippen molar-refractivity contribution in [2.75, 3.05) is 0 Å². The van der Waals surface area contributed by atoms with Gasteiger partial charge < -0.3 is 4.98 Å². The molecular weight excluding hydrogens is 283 g/mol. The van der Waals surface area contributed by atoms with Crippen molar-refractivity contribution in [2.24, 2.45) is 7.05 Å². The number of nitrogens with zero attached hydrogens (tertiary/aromatic N) is 5. The van der Waals surface area contributed by atoms with Crippen molar-refractivity contribution < 1.29 is 4.39 Å². The first-order valence-corrected chi connectivity index (χ1v) is 6.84. The summed E-state index contributed by atoms with van der Waals surface area (Å²) in [5.74, 6) is 0.493. The quantitative estimate of drug-likeness (QED) is 0.631. The van der Waals surface area contributed by atoms with Gasteiger partial charge in [-0.25, -0.2) is 14.1 Å². The van der Waals surface area contributed by atoms with E-state index in [4.69, 9.17) is 0 Å². The van der Waals surface area contributed by atoms with Crippen LogP contribution in [0.5, 0.6) is 0 Å². The first-order chi connectivity index (χ1) is 10.7. The molecule has 7 heteroatoms. The van der Waals surface area contributed by atoms with Crippen molar-refractivity contribution in [1.82, 2.24) is 29.5 Å². The van der Waals surface area contributed by atoms with Crippen LogP contribution in [0.4, 0.5) is 4.39 Å². The molecule has 0 bridgehead atoms. The molecule has 6 nitrogen and oxygen atoms in total. The Morgan fingerprint density at radius 2 is 2.14 bits per heavy atom. The van der Waals surface area contributed by atoms with E-state index in [2.05, 4.69) is 20.2 Å². The van der Waals surface area contributed by atoms with Gasteiger partial charge in [-0.15, -0.1) is 0 Å². The molecule has 0 unspecified atom stereocenters. The second-order valence-electron chi connectivity index (χ2n) is 5.16. The molecule has 0 aliphatic heterocycles. The van der Waals surface area contributed by atoms with Gasteiger partial charge >= 0.3 is 0 Å². The van der Waals surface area contributed by atoms with Gasteiger partial charge in [0.1, 0.15) is 17.2 Å². The number of nitrogens with one attached hydrogen (secondary N) is 1. The number of fused-ring (bicyclic) bond motifs is 1. The Kier molecular flexibility index (Phi) is 2.78. The molecular formula is C15H13FN6. The van der Waals surface area contributed by atoms with Crippen LogP contribution in [0.25, 0.3) is 22.6 Å². The lowest BCUT2D eigenvalue weighted by Gasteiger charge is -2.02. The standard InChI is InChI=1S/C15H13FN6/c1-21-9-11(6-17-21)14-19-13-7-18-22(15(13)20-14)8-10-3-2-4-12(16)5-10/h2-7,9H,8H2,1H3,(H,19,20). The Morgan fingerprint density at radius 1 is 1.23 bits per heavy atom. The number of hydrogen-bond acceptors (Lipinski definition) is 3. The maximum Gasteiger partial charge on any atom is 0.177 e. The third kappa shape index (κ3) is 2.16. The Bertz CT molecular complexity index is 948. The summed E-state index contributed by atoms with van der Waals surface area (Å²) >= 11 is 0. The van der Waals surface area contributed by atoms with Crippen LogP contribution < -0.4 is 0 Å². The van der Waals surface area contributed by atoms with Crippen molar-refractivity contribution in [3.05, 3.63) is 54.2 Å². The SMILES string of the molecule is Cn1cc(-c2nc3c(cnn3Cc3cccc(F)c3)[nH]2)cn1. The molecule has 1 N–H and O–H groups in total. The van der Waals surface area contributed by atoms with E-state index in [0.29, 0.717) is 6.54 Å². The summed E-state index contributed by atoms with van der Waals surface area (Å²) in [4.78, 5) is 7.79. The first-order valence-electron chi connectivity index (χ1n) is 6.84. The van der Waals surface area contributed by atoms with Crippen molar-refractivity contribution >= 4 is 11.2 Å². The molecule has 1 aromatic carbocycles. The molecule has 0 atom stereocenters. The molecule has 0 aliphatic carbocycles. The molecule has 3 aromatic heterocycles. The zero-order valence-corrected chi connectivity index (χ0v) is 11.9. The highest BCUT2D eigenvalue weighted by Gasteiger charge is 2.12. The van der Waals surface area contributed by atoms with E-state index in [1.807, 2.05) is 19.3 Å². The summed E-state index contributed by atoms with van der Waals surface area (Å²) in [7, 11) is 1.86. The minimum Gasteiger partial charge on any atom is -0.335 e. The lowest BCUT2D eigenvalue weighted by molar-refractivity contribution is 0.620. The first kappa shape index (κ1) is 12.8. The molecule has 0 spiro atoms. The van der Waals surface area contributed by atoms with Gasteiger partial charge in [-0.2, -0.15) is 10.2 Å². The Balaban J connectivity index is 1.71. The van der Waals surface area contributed by atoms with Gasteiger partial charge in [-0.3, -0.25) is 4.68 Å². The van der Waals surface area contributed by atoms with Crippen molar-refractivity contribution in [3.8, 4) is 11.4 Å². The van der Waals surface area contributed by atoms with Crippen LogP contribution in [0.15, 0.2) is 42.9 Å². The highest BCUT2D eigenvalue weighted by atomic mass is 19.1. The van der Waals surface area contributed by atoms with Crippen molar-refractivity contribution in [2.45, 2.75) is 6.54 Å². The Morgan fingerprint density at radius 3 is 2.91 bits per heavy atom. The Hall–Kier alpha value is -2.96. The second kappa shape index (κ2) is 4.80.